The summed E-state index contributed by atoms with van der Waals surface area (Å²) >= 11 is 5.47. The molecule has 0 saturated heterocycles. The number of rotatable bonds is 0. The highest BCUT2D eigenvalue weighted by molar-refractivity contribution is 6.33. The van der Waals surface area contributed by atoms with Gasteiger partial charge in [0.2, 0.25) is 0 Å². The third-order valence-corrected chi connectivity index (χ3v) is 1.59. The van der Waals surface area contributed by atoms with Gasteiger partial charge in [0.25, 0.3) is 0 Å². The third kappa shape index (κ3) is 1.21. The average Bonchev–Trinajstić information content (AvgIpc) is 1.99. The topological polar surface area (TPSA) is 64.2 Å². The van der Waals surface area contributed by atoms with Gasteiger partial charge in [-0.15, -0.1) is 0 Å². The summed E-state index contributed by atoms with van der Waals surface area (Å²) in [5.74, 6) is -0.434. The Bertz CT molecular complexity index is 330. The summed E-state index contributed by atoms with van der Waals surface area (Å²) in [6.07, 6.45) is 0. The van der Waals surface area contributed by atoms with Gasteiger partial charge in [0.1, 0.15) is 28.2 Å². The van der Waals surface area contributed by atoms with Crippen LogP contribution in [0.25, 0.3) is 0 Å². The summed E-state index contributed by atoms with van der Waals surface area (Å²) in [6, 6.07) is 4.09. The number of hydrogen-bond donors (Lipinski definition) is 2. The van der Waals surface area contributed by atoms with Crippen LogP contribution in [0.2, 0.25) is 5.02 Å². The maximum Gasteiger partial charge on any atom is 0.135 e. The number of aromatic hydroxyl groups is 2. The maximum absolute atomic E-state index is 9.00. The number of nitrogens with zero attached hydrogens (tertiary/aromatic N) is 1. The lowest BCUT2D eigenvalue weighted by Crippen LogP contribution is -1.78. The first-order valence-electron chi connectivity index (χ1n) is 2.77. The molecule has 4 heteroatoms. The molecule has 0 aliphatic heterocycles. The van der Waals surface area contributed by atoms with Crippen molar-refractivity contribution in [2.24, 2.45) is 0 Å². The van der Waals surface area contributed by atoms with E-state index in [2.05, 4.69) is 0 Å². The Morgan fingerprint density at radius 3 is 2.27 bits per heavy atom. The van der Waals surface area contributed by atoms with E-state index in [1.807, 2.05) is 0 Å². The highest BCUT2D eigenvalue weighted by Crippen LogP contribution is 2.32. The number of phenolic OH excluding ortho intramolecular Hbond substituents is 2. The molecule has 0 spiro atoms. The molecule has 0 bridgehead atoms. The SMILES string of the molecule is N#Cc1c(O)ccc(O)c1Cl. The minimum Gasteiger partial charge on any atom is -0.507 e. The summed E-state index contributed by atoms with van der Waals surface area (Å²) in [5.41, 5.74) is -0.105. The van der Waals surface area contributed by atoms with Gasteiger partial charge in [-0.25, -0.2) is 0 Å². The fraction of sp³-hybridized carbons (Fsp3) is 0. The fourth-order valence-corrected chi connectivity index (χ4v) is 0.863. The smallest absolute Gasteiger partial charge is 0.135 e. The van der Waals surface area contributed by atoms with Crippen LogP contribution >= 0.6 is 11.6 Å². The normalized spacial score (nSPS) is 9.09. The van der Waals surface area contributed by atoms with E-state index in [1.165, 1.54) is 12.1 Å². The van der Waals surface area contributed by atoms with Gasteiger partial charge in [-0.05, 0) is 12.1 Å². The lowest BCUT2D eigenvalue weighted by Gasteiger charge is -1.99. The molecule has 56 valence electrons. The molecule has 0 atom stereocenters. The third-order valence-electron chi connectivity index (χ3n) is 1.21. The molecule has 2 N–H and O–H groups in total. The average molecular weight is 170 g/mol. The number of hydrogen-bond acceptors (Lipinski definition) is 3. The van der Waals surface area contributed by atoms with E-state index in [0.717, 1.165) is 0 Å². The second kappa shape index (κ2) is 2.69. The predicted molar refractivity (Wildman–Crippen MR) is 39.5 cm³/mol. The predicted octanol–water partition coefficient (Wildman–Crippen LogP) is 1.62. The van der Waals surface area contributed by atoms with Crippen molar-refractivity contribution >= 4 is 11.6 Å². The zero-order chi connectivity index (χ0) is 8.43. The van der Waals surface area contributed by atoms with Gasteiger partial charge in [0, 0.05) is 0 Å². The Morgan fingerprint density at radius 1 is 1.27 bits per heavy atom. The van der Waals surface area contributed by atoms with Crippen molar-refractivity contribution in [1.82, 2.24) is 0 Å². The summed E-state index contributed by atoms with van der Waals surface area (Å²) in [5, 5.41) is 26.3. The van der Waals surface area contributed by atoms with Gasteiger partial charge in [-0.1, -0.05) is 11.6 Å². The molecule has 11 heavy (non-hydrogen) atoms. The van der Waals surface area contributed by atoms with Crippen molar-refractivity contribution < 1.29 is 10.2 Å². The van der Waals surface area contributed by atoms with Crippen LogP contribution in [0.5, 0.6) is 11.5 Å². The van der Waals surface area contributed by atoms with Crippen molar-refractivity contribution in [3.63, 3.8) is 0 Å². The molecule has 0 unspecified atom stereocenters. The van der Waals surface area contributed by atoms with Crippen LogP contribution in [0, 0.1) is 11.3 Å². The van der Waals surface area contributed by atoms with Crippen LogP contribution in [-0.2, 0) is 0 Å². The summed E-state index contributed by atoms with van der Waals surface area (Å²) in [7, 11) is 0. The van der Waals surface area contributed by atoms with Gasteiger partial charge in [-0.2, -0.15) is 5.26 Å². The zero-order valence-corrected chi connectivity index (χ0v) is 6.13. The van der Waals surface area contributed by atoms with E-state index in [9.17, 15) is 0 Å². The summed E-state index contributed by atoms with van der Waals surface area (Å²) < 4.78 is 0. The molecule has 3 nitrogen and oxygen atoms in total. The van der Waals surface area contributed by atoms with Gasteiger partial charge in [-0.3, -0.25) is 0 Å². The van der Waals surface area contributed by atoms with Crippen molar-refractivity contribution in [3.8, 4) is 17.6 Å². The standard InChI is InChI=1S/C7H4ClNO2/c8-7-4(3-9)5(10)1-2-6(7)11/h1-2,10-11H. The Kier molecular flexibility index (Phi) is 1.88. The number of nitriles is 1. The maximum atomic E-state index is 9.00. The molecule has 1 rings (SSSR count). The highest BCUT2D eigenvalue weighted by atomic mass is 35.5. The van der Waals surface area contributed by atoms with Crippen LogP contribution < -0.4 is 0 Å². The summed E-state index contributed by atoms with van der Waals surface area (Å²) in [4.78, 5) is 0. The molecule has 1 aromatic rings. The van der Waals surface area contributed by atoms with E-state index in [-0.39, 0.29) is 22.1 Å². The Hall–Kier alpha value is -1.40. The van der Waals surface area contributed by atoms with E-state index >= 15 is 0 Å². The second-order valence-corrected chi connectivity index (χ2v) is 2.28. The number of benzene rings is 1. The second-order valence-electron chi connectivity index (χ2n) is 1.90. The molecular weight excluding hydrogens is 166 g/mol. The highest BCUT2D eigenvalue weighted by Gasteiger charge is 2.08. The van der Waals surface area contributed by atoms with Crippen LogP contribution in [0.4, 0.5) is 0 Å². The minimum atomic E-state index is -0.227. The molecule has 0 aromatic heterocycles. The van der Waals surface area contributed by atoms with Crippen LogP contribution in [0.3, 0.4) is 0 Å². The minimum absolute atomic E-state index is 0.105. The van der Waals surface area contributed by atoms with Crippen molar-refractivity contribution in [1.29, 1.82) is 5.26 Å². The molecule has 0 radical (unpaired) electrons. The monoisotopic (exact) mass is 169 g/mol. The molecule has 1 aromatic carbocycles. The quantitative estimate of drug-likeness (QED) is 0.580. The van der Waals surface area contributed by atoms with Gasteiger partial charge in [0.05, 0.1) is 0 Å². The van der Waals surface area contributed by atoms with E-state index in [4.69, 9.17) is 27.1 Å². The largest absolute Gasteiger partial charge is 0.507 e. The van der Waals surface area contributed by atoms with Crippen LogP contribution in [0.1, 0.15) is 5.56 Å². The lowest BCUT2D eigenvalue weighted by molar-refractivity contribution is 0.459. The zero-order valence-electron chi connectivity index (χ0n) is 5.37. The van der Waals surface area contributed by atoms with Gasteiger partial charge < -0.3 is 10.2 Å². The van der Waals surface area contributed by atoms with Crippen LogP contribution in [-0.4, -0.2) is 10.2 Å². The van der Waals surface area contributed by atoms with Gasteiger partial charge in [0.15, 0.2) is 0 Å². The van der Waals surface area contributed by atoms with E-state index < -0.39 is 0 Å². The molecular formula is C7H4ClNO2. The van der Waals surface area contributed by atoms with E-state index in [1.54, 1.807) is 6.07 Å². The Labute approximate surface area is 68.1 Å². The molecule has 0 amide bonds. The molecule has 0 heterocycles. The Morgan fingerprint density at radius 2 is 1.82 bits per heavy atom. The molecule has 0 aliphatic carbocycles. The fourth-order valence-electron chi connectivity index (χ4n) is 0.661. The molecule has 0 fully saturated rings. The van der Waals surface area contributed by atoms with Crippen molar-refractivity contribution in [3.05, 3.63) is 22.7 Å². The first-order valence-corrected chi connectivity index (χ1v) is 3.15. The van der Waals surface area contributed by atoms with E-state index in [0.29, 0.717) is 0 Å². The number of halogens is 1. The molecule has 0 aliphatic rings. The first-order chi connectivity index (χ1) is 5.16. The number of phenols is 2. The van der Waals surface area contributed by atoms with Gasteiger partial charge >= 0.3 is 0 Å². The summed E-state index contributed by atoms with van der Waals surface area (Å²) in [6.45, 7) is 0. The Balaban J connectivity index is 3.44. The van der Waals surface area contributed by atoms with Crippen molar-refractivity contribution in [2.45, 2.75) is 0 Å². The lowest BCUT2D eigenvalue weighted by atomic mass is 10.2. The van der Waals surface area contributed by atoms with Crippen molar-refractivity contribution in [2.75, 3.05) is 0 Å². The van der Waals surface area contributed by atoms with Crippen LogP contribution in [0.15, 0.2) is 12.1 Å². The first kappa shape index (κ1) is 7.70. The molecule has 0 saturated carbocycles.